The van der Waals surface area contributed by atoms with E-state index in [1.165, 1.54) is 11.1 Å². The molecule has 0 aliphatic heterocycles. The molecule has 4 heteroatoms. The molecule has 2 rings (SSSR count). The Morgan fingerprint density at radius 3 is 2.55 bits per heavy atom. The largest absolute Gasteiger partial charge is 0.481 e. The second-order valence-corrected chi connectivity index (χ2v) is 5.24. The van der Waals surface area contributed by atoms with Crippen molar-refractivity contribution in [2.75, 3.05) is 0 Å². The molecule has 0 saturated heterocycles. The Morgan fingerprint density at radius 1 is 1.25 bits per heavy atom. The first-order valence-electron chi connectivity index (χ1n) is 6.74. The quantitative estimate of drug-likeness (QED) is 0.930. The highest BCUT2D eigenvalue weighted by molar-refractivity contribution is 5.67. The number of hydrogen-bond acceptors (Lipinski definition) is 2. The van der Waals surface area contributed by atoms with Crippen LogP contribution in [0.15, 0.2) is 18.2 Å². The first kappa shape index (κ1) is 14.3. The van der Waals surface area contributed by atoms with E-state index >= 15 is 0 Å². The van der Waals surface area contributed by atoms with Crippen molar-refractivity contribution in [1.82, 2.24) is 9.78 Å². The summed E-state index contributed by atoms with van der Waals surface area (Å²) in [5, 5.41) is 13.4. The van der Waals surface area contributed by atoms with Crippen molar-refractivity contribution in [3.05, 3.63) is 46.3 Å². The third-order valence-electron chi connectivity index (χ3n) is 3.61. The maximum atomic E-state index is 10.7. The Bertz CT molecular complexity index is 657. The Labute approximate surface area is 119 Å². The molecule has 0 atom stereocenters. The number of aromatic nitrogens is 2. The summed E-state index contributed by atoms with van der Waals surface area (Å²) in [5.74, 6) is -0.775. The highest BCUT2D eigenvalue weighted by Gasteiger charge is 2.14. The third kappa shape index (κ3) is 2.74. The molecular weight excluding hydrogens is 252 g/mol. The normalized spacial score (nSPS) is 10.8. The maximum absolute atomic E-state index is 10.7. The zero-order valence-electron chi connectivity index (χ0n) is 12.4. The number of rotatable bonds is 4. The highest BCUT2D eigenvalue weighted by atomic mass is 16.4. The van der Waals surface area contributed by atoms with Crippen molar-refractivity contribution in [2.24, 2.45) is 0 Å². The van der Waals surface area contributed by atoms with Crippen molar-refractivity contribution in [1.29, 1.82) is 0 Å². The topological polar surface area (TPSA) is 55.1 Å². The van der Waals surface area contributed by atoms with E-state index < -0.39 is 5.97 Å². The fourth-order valence-corrected chi connectivity index (χ4v) is 2.55. The van der Waals surface area contributed by atoms with Crippen LogP contribution >= 0.6 is 0 Å². The summed E-state index contributed by atoms with van der Waals surface area (Å²) >= 11 is 0. The predicted octanol–water partition coefficient (Wildman–Crippen LogP) is 3.12. The van der Waals surface area contributed by atoms with Crippen LogP contribution in [0.4, 0.5) is 0 Å². The summed E-state index contributed by atoms with van der Waals surface area (Å²) in [7, 11) is 0. The molecular formula is C16H20N2O2. The molecule has 0 radical (unpaired) electrons. The van der Waals surface area contributed by atoms with Crippen LogP contribution in [0.25, 0.3) is 5.69 Å². The number of aryl methyl sites for hydroxylation is 3. The van der Waals surface area contributed by atoms with Gasteiger partial charge in [-0.15, -0.1) is 0 Å². The molecule has 1 N–H and O–H groups in total. The van der Waals surface area contributed by atoms with E-state index in [-0.39, 0.29) is 6.42 Å². The average molecular weight is 272 g/mol. The second-order valence-electron chi connectivity index (χ2n) is 5.24. The Kier molecular flexibility index (Phi) is 3.93. The number of carbonyl (C=O) groups is 1. The van der Waals surface area contributed by atoms with E-state index in [1.807, 2.05) is 18.5 Å². The van der Waals surface area contributed by atoms with Crippen LogP contribution in [0.5, 0.6) is 0 Å². The minimum Gasteiger partial charge on any atom is -0.481 e. The Hall–Kier alpha value is -2.10. The third-order valence-corrected chi connectivity index (χ3v) is 3.61. The van der Waals surface area contributed by atoms with Gasteiger partial charge in [-0.25, -0.2) is 4.68 Å². The molecule has 0 amide bonds. The van der Waals surface area contributed by atoms with Crippen LogP contribution in [-0.4, -0.2) is 20.9 Å². The number of benzene rings is 1. The number of hydrogen-bond donors (Lipinski definition) is 1. The molecule has 0 unspecified atom stereocenters. The lowest BCUT2D eigenvalue weighted by molar-refractivity contribution is -0.136. The van der Waals surface area contributed by atoms with Gasteiger partial charge < -0.3 is 5.11 Å². The maximum Gasteiger partial charge on any atom is 0.303 e. The van der Waals surface area contributed by atoms with Crippen LogP contribution in [0.1, 0.15) is 34.5 Å². The Morgan fingerprint density at radius 2 is 1.95 bits per heavy atom. The number of aliphatic carboxylic acids is 1. The summed E-state index contributed by atoms with van der Waals surface area (Å²) in [4.78, 5) is 10.7. The molecule has 106 valence electrons. The summed E-state index contributed by atoms with van der Waals surface area (Å²) in [6, 6.07) is 6.25. The molecule has 0 saturated carbocycles. The number of nitrogens with zero attached hydrogens (tertiary/aromatic N) is 2. The molecule has 4 nitrogen and oxygen atoms in total. The summed E-state index contributed by atoms with van der Waals surface area (Å²) in [5.41, 5.74) is 6.41. The summed E-state index contributed by atoms with van der Waals surface area (Å²) < 4.78 is 1.92. The van der Waals surface area contributed by atoms with E-state index in [2.05, 4.69) is 37.1 Å². The molecule has 0 aliphatic rings. The monoisotopic (exact) mass is 272 g/mol. The van der Waals surface area contributed by atoms with Crippen molar-refractivity contribution in [3.63, 3.8) is 0 Å². The van der Waals surface area contributed by atoms with Gasteiger partial charge in [0.15, 0.2) is 0 Å². The van der Waals surface area contributed by atoms with Gasteiger partial charge in [-0.2, -0.15) is 5.10 Å². The van der Waals surface area contributed by atoms with Crippen LogP contribution in [0, 0.1) is 27.7 Å². The molecule has 0 bridgehead atoms. The van der Waals surface area contributed by atoms with Crippen LogP contribution < -0.4 is 0 Å². The van der Waals surface area contributed by atoms with Gasteiger partial charge in [-0.1, -0.05) is 17.7 Å². The van der Waals surface area contributed by atoms with Crippen molar-refractivity contribution < 1.29 is 9.90 Å². The molecule has 1 aromatic heterocycles. The SMILES string of the molecule is Cc1ccc(-n2nc(C)c(CCC(=O)O)c2C)c(C)c1. The van der Waals surface area contributed by atoms with E-state index in [9.17, 15) is 4.79 Å². The molecule has 1 aromatic carbocycles. The van der Waals surface area contributed by atoms with E-state index in [0.29, 0.717) is 6.42 Å². The zero-order valence-corrected chi connectivity index (χ0v) is 12.4. The summed E-state index contributed by atoms with van der Waals surface area (Å²) in [6.07, 6.45) is 0.665. The van der Waals surface area contributed by atoms with Gasteiger partial charge in [0.25, 0.3) is 0 Å². The van der Waals surface area contributed by atoms with E-state index in [1.54, 1.807) is 0 Å². The Balaban J connectivity index is 2.43. The van der Waals surface area contributed by atoms with Crippen molar-refractivity contribution in [3.8, 4) is 5.69 Å². The second kappa shape index (κ2) is 5.49. The molecule has 1 heterocycles. The molecule has 0 aliphatic carbocycles. The minimum atomic E-state index is -0.775. The van der Waals surface area contributed by atoms with Gasteiger partial charge in [-0.3, -0.25) is 4.79 Å². The molecule has 2 aromatic rings. The van der Waals surface area contributed by atoms with Gasteiger partial charge in [0.05, 0.1) is 11.4 Å². The summed E-state index contributed by atoms with van der Waals surface area (Å²) in [6.45, 7) is 8.06. The predicted molar refractivity (Wildman–Crippen MR) is 78.5 cm³/mol. The van der Waals surface area contributed by atoms with Crippen LogP contribution in [0.3, 0.4) is 0 Å². The fourth-order valence-electron chi connectivity index (χ4n) is 2.55. The van der Waals surface area contributed by atoms with Crippen LogP contribution in [-0.2, 0) is 11.2 Å². The number of carboxylic acid groups (broad SMARTS) is 1. The molecule has 0 spiro atoms. The van der Waals surface area contributed by atoms with E-state index in [4.69, 9.17) is 5.11 Å². The van der Waals surface area contributed by atoms with Gasteiger partial charge in [0.2, 0.25) is 0 Å². The highest BCUT2D eigenvalue weighted by Crippen LogP contribution is 2.22. The van der Waals surface area contributed by atoms with Crippen LogP contribution in [0.2, 0.25) is 0 Å². The average Bonchev–Trinajstić information content (AvgIpc) is 2.62. The standard InChI is InChI=1S/C16H20N2O2/c1-10-5-7-15(11(2)9-10)18-13(4)14(12(3)17-18)6-8-16(19)20/h5,7,9H,6,8H2,1-4H3,(H,19,20). The fraction of sp³-hybridized carbons (Fsp3) is 0.375. The zero-order chi connectivity index (χ0) is 14.9. The van der Waals surface area contributed by atoms with Gasteiger partial charge in [-0.05, 0) is 51.3 Å². The van der Waals surface area contributed by atoms with Gasteiger partial charge >= 0.3 is 5.97 Å². The lowest BCUT2D eigenvalue weighted by atomic mass is 10.1. The number of carboxylic acids is 1. The van der Waals surface area contributed by atoms with Gasteiger partial charge in [0, 0.05) is 12.1 Å². The molecule has 20 heavy (non-hydrogen) atoms. The van der Waals surface area contributed by atoms with Crippen molar-refractivity contribution >= 4 is 5.97 Å². The van der Waals surface area contributed by atoms with Gasteiger partial charge in [0.1, 0.15) is 0 Å². The lowest BCUT2D eigenvalue weighted by Gasteiger charge is -2.09. The first-order chi connectivity index (χ1) is 9.40. The van der Waals surface area contributed by atoms with Crippen molar-refractivity contribution in [2.45, 2.75) is 40.5 Å². The van der Waals surface area contributed by atoms with E-state index in [0.717, 1.165) is 22.6 Å². The minimum absolute atomic E-state index is 0.139. The molecule has 0 fully saturated rings. The smallest absolute Gasteiger partial charge is 0.303 e. The lowest BCUT2D eigenvalue weighted by Crippen LogP contribution is -2.03. The first-order valence-corrected chi connectivity index (χ1v) is 6.74.